The molecule has 1 aromatic heterocycles. The van der Waals surface area contributed by atoms with E-state index in [0.717, 1.165) is 19.9 Å². The fourth-order valence-corrected chi connectivity index (χ4v) is 4.41. The Morgan fingerprint density at radius 3 is 2.77 bits per heavy atom. The van der Waals surface area contributed by atoms with Gasteiger partial charge in [0.25, 0.3) is 0 Å². The second-order valence-electron chi connectivity index (χ2n) is 3.71. The molecule has 0 nitrogen and oxygen atoms in total. The molecule has 1 aliphatic carbocycles. The smallest absolute Gasteiger partial charge is 0.0981 e. The average Bonchev–Trinajstić information content (AvgIpc) is 2.61. The molecule has 72 valence electrons. The fourth-order valence-electron chi connectivity index (χ4n) is 1.74. The molecule has 1 saturated carbocycles. The number of thiophene rings is 1. The van der Waals surface area contributed by atoms with E-state index in [1.807, 2.05) is 6.07 Å². The third-order valence-corrected chi connectivity index (χ3v) is 5.14. The summed E-state index contributed by atoms with van der Waals surface area (Å²) in [6.45, 7) is 2.25. The topological polar surface area (TPSA) is 0 Å². The van der Waals surface area contributed by atoms with Crippen LogP contribution in [0.3, 0.4) is 0 Å². The quantitative estimate of drug-likeness (QED) is 0.693. The largest absolute Gasteiger partial charge is 0.111 e. The van der Waals surface area contributed by atoms with Crippen molar-refractivity contribution >= 4 is 50.5 Å². The Balaban J connectivity index is 2.32. The van der Waals surface area contributed by atoms with E-state index in [-0.39, 0.29) is 5.41 Å². The zero-order chi connectivity index (χ0) is 9.64. The summed E-state index contributed by atoms with van der Waals surface area (Å²) in [6.07, 6.45) is 1.21. The molecule has 0 spiro atoms. The van der Waals surface area contributed by atoms with Gasteiger partial charge in [-0.3, -0.25) is 0 Å². The van der Waals surface area contributed by atoms with Gasteiger partial charge >= 0.3 is 0 Å². The van der Waals surface area contributed by atoms with Gasteiger partial charge in [0.2, 0.25) is 0 Å². The Bertz CT molecular complexity index is 336. The number of hydrogen-bond acceptors (Lipinski definition) is 1. The van der Waals surface area contributed by atoms with E-state index in [4.69, 9.17) is 23.2 Å². The van der Waals surface area contributed by atoms with Gasteiger partial charge in [0, 0.05) is 5.33 Å². The summed E-state index contributed by atoms with van der Waals surface area (Å²) in [6, 6.07) is 2.01. The Hall–Kier alpha value is 0.760. The van der Waals surface area contributed by atoms with Crippen LogP contribution in [0.1, 0.15) is 18.9 Å². The van der Waals surface area contributed by atoms with Crippen molar-refractivity contribution in [1.29, 1.82) is 0 Å². The molecule has 1 heterocycles. The molecule has 0 amide bonds. The fraction of sp³-hybridized carbons (Fsp3) is 0.556. The summed E-state index contributed by atoms with van der Waals surface area (Å²) in [5, 5.41) is 1.05. The summed E-state index contributed by atoms with van der Waals surface area (Å²) in [7, 11) is 0. The lowest BCUT2D eigenvalue weighted by molar-refractivity contribution is 0.714. The van der Waals surface area contributed by atoms with Crippen LogP contribution in [0.5, 0.6) is 0 Å². The molecule has 1 aliphatic rings. The molecular formula is C9H9BrCl2S. The zero-order valence-electron chi connectivity index (χ0n) is 7.11. The summed E-state index contributed by atoms with van der Waals surface area (Å²) < 4.78 is 1.65. The molecule has 13 heavy (non-hydrogen) atoms. The first-order chi connectivity index (χ1) is 6.08. The summed E-state index contributed by atoms with van der Waals surface area (Å²) in [5.74, 6) is 0.718. The molecule has 1 aromatic rings. The minimum Gasteiger partial charge on any atom is -0.111 e. The van der Waals surface area contributed by atoms with Crippen molar-refractivity contribution < 1.29 is 0 Å². The van der Waals surface area contributed by atoms with Gasteiger partial charge in [-0.05, 0) is 29.4 Å². The maximum atomic E-state index is 6.11. The first kappa shape index (κ1) is 10.3. The minimum atomic E-state index is 0.268. The first-order valence-corrected chi connectivity index (χ1v) is 6.78. The molecule has 2 unspecified atom stereocenters. The normalized spacial score (nSPS) is 32.2. The molecule has 0 bridgehead atoms. The Morgan fingerprint density at radius 1 is 1.69 bits per heavy atom. The maximum Gasteiger partial charge on any atom is 0.0981 e. The van der Waals surface area contributed by atoms with Gasteiger partial charge in [0.05, 0.1) is 8.67 Å². The van der Waals surface area contributed by atoms with E-state index in [2.05, 4.69) is 22.9 Å². The summed E-state index contributed by atoms with van der Waals surface area (Å²) in [4.78, 5) is 0. The van der Waals surface area contributed by atoms with Crippen LogP contribution in [0, 0.1) is 5.92 Å². The van der Waals surface area contributed by atoms with Crippen molar-refractivity contribution in [2.75, 3.05) is 5.33 Å². The molecule has 2 rings (SSSR count). The van der Waals surface area contributed by atoms with Crippen molar-refractivity contribution in [2.24, 2.45) is 5.92 Å². The van der Waals surface area contributed by atoms with E-state index in [0.29, 0.717) is 0 Å². The predicted octanol–water partition coefficient (Wildman–Crippen LogP) is 4.73. The number of rotatable bonds is 2. The molecule has 0 aliphatic heterocycles. The van der Waals surface area contributed by atoms with Gasteiger partial charge in [-0.15, -0.1) is 11.3 Å². The molecular weight excluding hydrogens is 291 g/mol. The van der Waals surface area contributed by atoms with Crippen LogP contribution >= 0.6 is 50.5 Å². The van der Waals surface area contributed by atoms with Gasteiger partial charge in [-0.25, -0.2) is 0 Å². The van der Waals surface area contributed by atoms with Crippen LogP contribution < -0.4 is 0 Å². The highest BCUT2D eigenvalue weighted by Gasteiger charge is 2.51. The van der Waals surface area contributed by atoms with E-state index >= 15 is 0 Å². The van der Waals surface area contributed by atoms with Crippen molar-refractivity contribution in [2.45, 2.75) is 18.8 Å². The van der Waals surface area contributed by atoms with E-state index in [1.54, 1.807) is 0 Å². The highest BCUT2D eigenvalue weighted by molar-refractivity contribution is 9.09. The van der Waals surface area contributed by atoms with Gasteiger partial charge in [0.1, 0.15) is 0 Å². The molecule has 0 aromatic carbocycles. The highest BCUT2D eigenvalue weighted by Crippen LogP contribution is 2.58. The molecule has 4 heteroatoms. The van der Waals surface area contributed by atoms with Gasteiger partial charge in [-0.2, -0.15) is 0 Å². The van der Waals surface area contributed by atoms with Crippen LogP contribution in [0.25, 0.3) is 0 Å². The van der Waals surface area contributed by atoms with Gasteiger partial charge < -0.3 is 0 Å². The molecule has 0 N–H and O–H groups in total. The SMILES string of the molecule is CC1(c2cc(Cl)sc2Cl)CC1CBr. The lowest BCUT2D eigenvalue weighted by Crippen LogP contribution is -2.03. The van der Waals surface area contributed by atoms with Crippen molar-refractivity contribution in [3.05, 3.63) is 20.3 Å². The standard InChI is InChI=1S/C9H9BrCl2S/c1-9(3-5(9)4-10)6-2-7(11)13-8(6)12/h2,5H,3-4H2,1H3. The molecule has 0 saturated heterocycles. The lowest BCUT2D eigenvalue weighted by atomic mass is 9.99. The van der Waals surface area contributed by atoms with Crippen LogP contribution in [0.15, 0.2) is 6.07 Å². The van der Waals surface area contributed by atoms with Crippen LogP contribution in [-0.2, 0) is 5.41 Å². The Kier molecular flexibility index (Phi) is 2.69. The summed E-state index contributed by atoms with van der Waals surface area (Å²) >= 11 is 17.0. The van der Waals surface area contributed by atoms with Crippen LogP contribution in [0.4, 0.5) is 0 Å². The van der Waals surface area contributed by atoms with Crippen LogP contribution in [0.2, 0.25) is 8.67 Å². The minimum absolute atomic E-state index is 0.268. The van der Waals surface area contributed by atoms with E-state index < -0.39 is 0 Å². The predicted molar refractivity (Wildman–Crippen MR) is 63.6 cm³/mol. The monoisotopic (exact) mass is 298 g/mol. The average molecular weight is 300 g/mol. The van der Waals surface area contributed by atoms with Crippen LogP contribution in [-0.4, -0.2) is 5.33 Å². The van der Waals surface area contributed by atoms with Crippen molar-refractivity contribution in [3.8, 4) is 0 Å². The lowest BCUT2D eigenvalue weighted by Gasteiger charge is -2.08. The maximum absolute atomic E-state index is 6.11. The molecule has 1 fully saturated rings. The number of halogens is 3. The first-order valence-electron chi connectivity index (χ1n) is 4.09. The van der Waals surface area contributed by atoms with E-state index in [1.165, 1.54) is 23.3 Å². The van der Waals surface area contributed by atoms with Crippen molar-refractivity contribution in [3.63, 3.8) is 0 Å². The van der Waals surface area contributed by atoms with Crippen molar-refractivity contribution in [1.82, 2.24) is 0 Å². The van der Waals surface area contributed by atoms with Gasteiger partial charge in [-0.1, -0.05) is 46.1 Å². The second-order valence-corrected chi connectivity index (χ2v) is 6.64. The third kappa shape index (κ3) is 1.67. The third-order valence-electron chi connectivity index (χ3n) is 2.87. The van der Waals surface area contributed by atoms with E-state index in [9.17, 15) is 0 Å². The number of hydrogen-bond donors (Lipinski definition) is 0. The zero-order valence-corrected chi connectivity index (χ0v) is 11.0. The second kappa shape index (κ2) is 3.41. The highest BCUT2D eigenvalue weighted by atomic mass is 79.9. The Labute approximate surface area is 100 Å². The molecule has 2 atom stereocenters. The van der Waals surface area contributed by atoms with Gasteiger partial charge in [0.15, 0.2) is 0 Å². The number of alkyl halides is 1. The molecule has 0 radical (unpaired) electrons. The Morgan fingerprint density at radius 2 is 2.38 bits per heavy atom. The summed E-state index contributed by atoms with van der Waals surface area (Å²) in [5.41, 5.74) is 1.50.